The number of fused-ring (bicyclic) bond motifs is 3. The van der Waals surface area contributed by atoms with Crippen molar-refractivity contribution in [2.75, 3.05) is 0 Å². The van der Waals surface area contributed by atoms with Crippen LogP contribution < -0.4 is 4.74 Å². The van der Waals surface area contributed by atoms with Gasteiger partial charge in [0.1, 0.15) is 18.7 Å². The SMILES string of the molecule is O=C(O)C1=NN(Cc2ccccc2)C2c3ccc(OCc4cncnc4)cc3CCC12. The highest BCUT2D eigenvalue weighted by Crippen LogP contribution is 2.45. The van der Waals surface area contributed by atoms with Crippen molar-refractivity contribution in [3.05, 3.63) is 89.5 Å². The summed E-state index contributed by atoms with van der Waals surface area (Å²) in [7, 11) is 0. The number of ether oxygens (including phenoxy) is 1. The number of hydrogen-bond donors (Lipinski definition) is 1. The van der Waals surface area contributed by atoms with Gasteiger partial charge in [-0.05, 0) is 41.7 Å². The van der Waals surface area contributed by atoms with Crippen LogP contribution in [0.4, 0.5) is 0 Å². The van der Waals surface area contributed by atoms with Gasteiger partial charge in [-0.25, -0.2) is 14.8 Å². The number of aliphatic carboxylic acids is 1. The minimum atomic E-state index is -0.931. The third-order valence-electron chi connectivity index (χ3n) is 5.87. The highest BCUT2D eigenvalue weighted by molar-refractivity contribution is 6.37. The smallest absolute Gasteiger partial charge is 0.352 e. The van der Waals surface area contributed by atoms with Crippen LogP contribution in [0.2, 0.25) is 0 Å². The van der Waals surface area contributed by atoms with Gasteiger partial charge in [-0.2, -0.15) is 5.10 Å². The van der Waals surface area contributed by atoms with Gasteiger partial charge in [-0.15, -0.1) is 0 Å². The third-order valence-corrected chi connectivity index (χ3v) is 5.87. The summed E-state index contributed by atoms with van der Waals surface area (Å²) in [5.74, 6) is -0.256. The average molecular weight is 414 g/mol. The van der Waals surface area contributed by atoms with Gasteiger partial charge in [0.05, 0.1) is 12.6 Å². The molecule has 0 fully saturated rings. The first-order chi connectivity index (χ1) is 15.2. The van der Waals surface area contributed by atoms with E-state index < -0.39 is 5.97 Å². The normalized spacial score (nSPS) is 19.4. The van der Waals surface area contributed by atoms with Crippen LogP contribution in [0.5, 0.6) is 5.75 Å². The van der Waals surface area contributed by atoms with Gasteiger partial charge in [-0.1, -0.05) is 36.4 Å². The maximum Gasteiger partial charge on any atom is 0.352 e. The monoisotopic (exact) mass is 414 g/mol. The first kappa shape index (κ1) is 19.2. The molecule has 0 amide bonds. The summed E-state index contributed by atoms with van der Waals surface area (Å²) < 4.78 is 5.93. The zero-order valence-electron chi connectivity index (χ0n) is 16.9. The molecule has 0 saturated carbocycles. The van der Waals surface area contributed by atoms with Gasteiger partial charge in [0.2, 0.25) is 0 Å². The molecule has 1 aliphatic heterocycles. The van der Waals surface area contributed by atoms with E-state index in [-0.39, 0.29) is 17.7 Å². The summed E-state index contributed by atoms with van der Waals surface area (Å²) in [5.41, 5.74) is 4.58. The van der Waals surface area contributed by atoms with Crippen LogP contribution in [0.25, 0.3) is 0 Å². The van der Waals surface area contributed by atoms with E-state index >= 15 is 0 Å². The van der Waals surface area contributed by atoms with Crippen molar-refractivity contribution in [2.24, 2.45) is 11.0 Å². The number of carbonyl (C=O) groups is 1. The molecule has 1 aliphatic carbocycles. The molecule has 1 aromatic heterocycles. The lowest BCUT2D eigenvalue weighted by molar-refractivity contribution is -0.129. The number of aromatic nitrogens is 2. The fourth-order valence-corrected chi connectivity index (χ4v) is 4.47. The predicted molar refractivity (Wildman–Crippen MR) is 114 cm³/mol. The van der Waals surface area contributed by atoms with E-state index in [1.807, 2.05) is 41.4 Å². The number of carboxylic acids is 1. The molecule has 1 N–H and O–H groups in total. The minimum absolute atomic E-state index is 0.0772. The highest BCUT2D eigenvalue weighted by atomic mass is 16.5. The van der Waals surface area contributed by atoms with Crippen molar-refractivity contribution in [1.82, 2.24) is 15.0 Å². The van der Waals surface area contributed by atoms with Gasteiger partial charge >= 0.3 is 5.97 Å². The van der Waals surface area contributed by atoms with Crippen LogP contribution in [-0.2, 0) is 24.4 Å². The van der Waals surface area contributed by atoms with Gasteiger partial charge in [0.25, 0.3) is 0 Å². The van der Waals surface area contributed by atoms with Crippen LogP contribution >= 0.6 is 0 Å². The molecule has 31 heavy (non-hydrogen) atoms. The Morgan fingerprint density at radius 3 is 2.68 bits per heavy atom. The van der Waals surface area contributed by atoms with E-state index in [4.69, 9.17) is 4.74 Å². The lowest BCUT2D eigenvalue weighted by Crippen LogP contribution is -2.32. The minimum Gasteiger partial charge on any atom is -0.489 e. The van der Waals surface area contributed by atoms with E-state index in [0.29, 0.717) is 13.2 Å². The Morgan fingerprint density at radius 2 is 1.90 bits per heavy atom. The summed E-state index contributed by atoms with van der Waals surface area (Å²) in [6.07, 6.45) is 6.52. The predicted octanol–water partition coefficient (Wildman–Crippen LogP) is 3.62. The second kappa shape index (κ2) is 8.18. The number of benzene rings is 2. The molecule has 2 heterocycles. The van der Waals surface area contributed by atoms with Gasteiger partial charge in [0, 0.05) is 23.9 Å². The number of aryl methyl sites for hydroxylation is 1. The van der Waals surface area contributed by atoms with Crippen LogP contribution in [0, 0.1) is 5.92 Å². The van der Waals surface area contributed by atoms with Gasteiger partial charge in [-0.3, -0.25) is 5.01 Å². The molecule has 0 bridgehead atoms. The first-order valence-electron chi connectivity index (χ1n) is 10.3. The van der Waals surface area contributed by atoms with Crippen molar-refractivity contribution in [3.8, 4) is 5.75 Å². The largest absolute Gasteiger partial charge is 0.489 e. The maximum absolute atomic E-state index is 11.9. The van der Waals surface area contributed by atoms with Crippen LogP contribution in [0.1, 0.15) is 34.7 Å². The van der Waals surface area contributed by atoms with Crippen molar-refractivity contribution < 1.29 is 14.6 Å². The molecule has 0 radical (unpaired) electrons. The molecular formula is C24H22N4O3. The fraction of sp³-hybridized carbons (Fsp3) is 0.250. The van der Waals surface area contributed by atoms with Crippen molar-refractivity contribution in [3.63, 3.8) is 0 Å². The Balaban J connectivity index is 1.41. The van der Waals surface area contributed by atoms with E-state index in [1.54, 1.807) is 12.4 Å². The molecule has 156 valence electrons. The van der Waals surface area contributed by atoms with Gasteiger partial charge in [0.15, 0.2) is 5.71 Å². The summed E-state index contributed by atoms with van der Waals surface area (Å²) in [6, 6.07) is 16.0. The molecule has 0 spiro atoms. The number of hydrogen-bond acceptors (Lipinski definition) is 6. The van der Waals surface area contributed by atoms with E-state index in [0.717, 1.165) is 35.3 Å². The lowest BCUT2D eigenvalue weighted by Gasteiger charge is -2.33. The topological polar surface area (TPSA) is 87.9 Å². The zero-order valence-corrected chi connectivity index (χ0v) is 16.9. The number of nitrogens with zero attached hydrogens (tertiary/aromatic N) is 4. The molecule has 2 aromatic carbocycles. The Kier molecular flexibility index (Phi) is 5.08. The summed E-state index contributed by atoms with van der Waals surface area (Å²) in [4.78, 5) is 19.9. The standard InChI is InChI=1S/C24H22N4O3/c29-24(30)22-21-8-6-18-10-19(31-14-17-11-25-15-26-12-17)7-9-20(18)23(21)28(27-22)13-16-4-2-1-3-5-16/h1-5,7,9-12,15,21,23H,6,8,13-14H2,(H,29,30). The molecule has 2 unspecified atom stereocenters. The number of rotatable bonds is 6. The van der Waals surface area contributed by atoms with E-state index in [2.05, 4.69) is 27.2 Å². The maximum atomic E-state index is 11.9. The van der Waals surface area contributed by atoms with E-state index in [1.165, 1.54) is 11.9 Å². The Hall–Kier alpha value is -3.74. The molecular weight excluding hydrogens is 392 g/mol. The average Bonchev–Trinajstić information content (AvgIpc) is 3.18. The summed E-state index contributed by atoms with van der Waals surface area (Å²) in [5, 5.41) is 16.2. The molecule has 2 atom stereocenters. The Morgan fingerprint density at radius 1 is 1.10 bits per heavy atom. The lowest BCUT2D eigenvalue weighted by atomic mass is 9.78. The quantitative estimate of drug-likeness (QED) is 0.663. The second-order valence-corrected chi connectivity index (χ2v) is 7.86. The zero-order chi connectivity index (χ0) is 21.2. The van der Waals surface area contributed by atoms with Crippen molar-refractivity contribution in [1.29, 1.82) is 0 Å². The molecule has 2 aliphatic rings. The molecule has 3 aromatic rings. The van der Waals surface area contributed by atoms with Crippen LogP contribution in [0.3, 0.4) is 0 Å². The van der Waals surface area contributed by atoms with E-state index in [9.17, 15) is 9.90 Å². The van der Waals surface area contributed by atoms with Crippen molar-refractivity contribution >= 4 is 11.7 Å². The van der Waals surface area contributed by atoms with Gasteiger partial charge < -0.3 is 9.84 Å². The molecule has 7 heteroatoms. The molecule has 7 nitrogen and oxygen atoms in total. The summed E-state index contributed by atoms with van der Waals surface area (Å²) >= 11 is 0. The Bertz CT molecular complexity index is 1120. The molecule has 5 rings (SSSR count). The van der Waals surface area contributed by atoms with Crippen molar-refractivity contribution in [2.45, 2.75) is 32.0 Å². The van der Waals surface area contributed by atoms with Crippen LogP contribution in [0.15, 0.2) is 72.4 Å². The number of hydrazone groups is 1. The number of carboxylic acid groups (broad SMARTS) is 1. The Labute approximate surface area is 180 Å². The third kappa shape index (κ3) is 3.86. The fourth-order valence-electron chi connectivity index (χ4n) is 4.47. The van der Waals surface area contributed by atoms with Crippen LogP contribution in [-0.4, -0.2) is 31.8 Å². The second-order valence-electron chi connectivity index (χ2n) is 7.86. The molecule has 0 saturated heterocycles. The summed E-state index contributed by atoms with van der Waals surface area (Å²) in [6.45, 7) is 0.975. The highest BCUT2D eigenvalue weighted by Gasteiger charge is 2.44. The first-order valence-corrected chi connectivity index (χ1v) is 10.3.